The van der Waals surface area contributed by atoms with Crippen LogP contribution in [-0.2, 0) is 12.0 Å². The first-order valence-corrected chi connectivity index (χ1v) is 7.03. The molecule has 0 heterocycles. The molecule has 0 unspecified atom stereocenters. The molecule has 21 heavy (non-hydrogen) atoms. The number of nitrogens with one attached hydrogen (secondary N) is 1. The highest BCUT2D eigenvalue weighted by atomic mass is 16.5. The van der Waals surface area contributed by atoms with Gasteiger partial charge in [0.1, 0.15) is 18.2 Å². The number of ether oxygens (including phenoxy) is 1. The van der Waals surface area contributed by atoms with Crippen LogP contribution < -0.4 is 10.5 Å². The van der Waals surface area contributed by atoms with Crippen molar-refractivity contribution in [2.45, 2.75) is 32.8 Å². The van der Waals surface area contributed by atoms with Gasteiger partial charge in [-0.25, -0.2) is 0 Å². The minimum Gasteiger partial charge on any atom is -0.489 e. The van der Waals surface area contributed by atoms with Gasteiger partial charge in [0.25, 0.3) is 0 Å². The standard InChI is InChI=1S/C18H22N2O/c1-18(2,3)14-8-10-15(11-9-14)21-12-13-6-4-5-7-16(13)17(19)20/h4-11H,12H2,1-3H3,(H3,19,20). The van der Waals surface area contributed by atoms with Gasteiger partial charge < -0.3 is 10.5 Å². The maximum Gasteiger partial charge on any atom is 0.123 e. The van der Waals surface area contributed by atoms with Crippen LogP contribution in [0.2, 0.25) is 0 Å². The van der Waals surface area contributed by atoms with Crippen molar-refractivity contribution in [2.24, 2.45) is 5.73 Å². The molecule has 0 aliphatic carbocycles. The first-order chi connectivity index (χ1) is 9.88. The number of rotatable bonds is 4. The molecule has 0 bridgehead atoms. The molecule has 0 aliphatic rings. The molecule has 0 atom stereocenters. The van der Waals surface area contributed by atoms with Crippen LogP contribution in [0.5, 0.6) is 5.75 Å². The molecule has 0 aliphatic heterocycles. The summed E-state index contributed by atoms with van der Waals surface area (Å²) >= 11 is 0. The van der Waals surface area contributed by atoms with Crippen LogP contribution in [0, 0.1) is 5.41 Å². The molecular weight excluding hydrogens is 260 g/mol. The highest BCUT2D eigenvalue weighted by Crippen LogP contribution is 2.24. The van der Waals surface area contributed by atoms with E-state index in [1.54, 1.807) is 0 Å². The van der Waals surface area contributed by atoms with Gasteiger partial charge in [0.05, 0.1) is 0 Å². The molecule has 0 spiro atoms. The highest BCUT2D eigenvalue weighted by Gasteiger charge is 2.13. The predicted molar refractivity (Wildman–Crippen MR) is 86.9 cm³/mol. The molecule has 0 fully saturated rings. The molecule has 0 aromatic heterocycles. The first-order valence-electron chi connectivity index (χ1n) is 7.03. The predicted octanol–water partition coefficient (Wildman–Crippen LogP) is 3.85. The van der Waals surface area contributed by atoms with Gasteiger partial charge in [0, 0.05) is 11.1 Å². The van der Waals surface area contributed by atoms with E-state index in [0.717, 1.165) is 16.9 Å². The second kappa shape index (κ2) is 6.00. The Balaban J connectivity index is 2.09. The van der Waals surface area contributed by atoms with Crippen LogP contribution in [0.15, 0.2) is 48.5 Å². The maximum absolute atomic E-state index is 7.58. The Kier molecular flexibility index (Phi) is 4.32. The zero-order valence-corrected chi connectivity index (χ0v) is 12.8. The monoisotopic (exact) mass is 282 g/mol. The zero-order valence-electron chi connectivity index (χ0n) is 12.8. The van der Waals surface area contributed by atoms with Crippen LogP contribution in [0.25, 0.3) is 0 Å². The highest BCUT2D eigenvalue weighted by molar-refractivity contribution is 5.96. The number of hydrogen-bond donors (Lipinski definition) is 2. The van der Waals surface area contributed by atoms with E-state index in [0.29, 0.717) is 6.61 Å². The van der Waals surface area contributed by atoms with Gasteiger partial charge in [-0.05, 0) is 23.1 Å². The van der Waals surface area contributed by atoms with E-state index in [-0.39, 0.29) is 11.3 Å². The summed E-state index contributed by atoms with van der Waals surface area (Å²) in [5.74, 6) is 0.888. The van der Waals surface area contributed by atoms with Gasteiger partial charge in [0.2, 0.25) is 0 Å². The third-order valence-electron chi connectivity index (χ3n) is 3.42. The quantitative estimate of drug-likeness (QED) is 0.661. The van der Waals surface area contributed by atoms with Crippen LogP contribution in [0.1, 0.15) is 37.5 Å². The van der Waals surface area contributed by atoms with E-state index in [2.05, 4.69) is 32.9 Å². The number of hydrogen-bond acceptors (Lipinski definition) is 2. The van der Waals surface area contributed by atoms with Crippen molar-refractivity contribution < 1.29 is 4.74 Å². The Bertz CT molecular complexity index is 624. The largest absolute Gasteiger partial charge is 0.489 e. The van der Waals surface area contributed by atoms with E-state index in [1.807, 2.05) is 36.4 Å². The minimum atomic E-state index is 0.0669. The third kappa shape index (κ3) is 3.85. The molecule has 0 amide bonds. The Morgan fingerprint density at radius 2 is 1.67 bits per heavy atom. The average molecular weight is 282 g/mol. The lowest BCUT2D eigenvalue weighted by atomic mass is 9.87. The van der Waals surface area contributed by atoms with Crippen molar-refractivity contribution >= 4 is 5.84 Å². The van der Waals surface area contributed by atoms with Gasteiger partial charge in [-0.2, -0.15) is 0 Å². The van der Waals surface area contributed by atoms with Crippen LogP contribution in [0.3, 0.4) is 0 Å². The number of benzene rings is 2. The number of nitrogens with two attached hydrogens (primary N) is 1. The van der Waals surface area contributed by atoms with Crippen molar-refractivity contribution in [3.05, 3.63) is 65.2 Å². The molecule has 0 radical (unpaired) electrons. The lowest BCUT2D eigenvalue weighted by Crippen LogP contribution is -2.14. The van der Waals surface area contributed by atoms with E-state index < -0.39 is 0 Å². The lowest BCUT2D eigenvalue weighted by Gasteiger charge is -2.19. The van der Waals surface area contributed by atoms with Gasteiger partial charge in [-0.15, -0.1) is 0 Å². The Morgan fingerprint density at radius 1 is 1.05 bits per heavy atom. The van der Waals surface area contributed by atoms with Crippen LogP contribution >= 0.6 is 0 Å². The summed E-state index contributed by atoms with van der Waals surface area (Å²) in [7, 11) is 0. The van der Waals surface area contributed by atoms with Crippen LogP contribution in [-0.4, -0.2) is 5.84 Å². The third-order valence-corrected chi connectivity index (χ3v) is 3.42. The fraction of sp³-hybridized carbons (Fsp3) is 0.278. The SMILES string of the molecule is CC(C)(C)c1ccc(OCc2ccccc2C(=N)N)cc1. The van der Waals surface area contributed by atoms with Crippen molar-refractivity contribution in [1.82, 2.24) is 0 Å². The van der Waals surface area contributed by atoms with E-state index in [4.69, 9.17) is 15.9 Å². The molecule has 3 nitrogen and oxygen atoms in total. The molecule has 0 saturated carbocycles. The molecule has 3 N–H and O–H groups in total. The van der Waals surface area contributed by atoms with Crippen LogP contribution in [0.4, 0.5) is 0 Å². The molecular formula is C18H22N2O. The molecule has 3 heteroatoms. The summed E-state index contributed by atoms with van der Waals surface area (Å²) in [5, 5.41) is 7.58. The molecule has 2 aromatic carbocycles. The Hall–Kier alpha value is -2.29. The molecule has 110 valence electrons. The number of nitrogen functional groups attached to an aromatic ring is 1. The second-order valence-corrected chi connectivity index (χ2v) is 6.13. The normalized spacial score (nSPS) is 11.2. The summed E-state index contributed by atoms with van der Waals surface area (Å²) in [6.07, 6.45) is 0. The summed E-state index contributed by atoms with van der Waals surface area (Å²) in [5.41, 5.74) is 8.64. The van der Waals surface area contributed by atoms with Gasteiger partial charge in [-0.1, -0.05) is 57.2 Å². The molecule has 2 rings (SSSR count). The number of amidine groups is 1. The summed E-state index contributed by atoms with van der Waals surface area (Å²) < 4.78 is 5.80. The fourth-order valence-corrected chi connectivity index (χ4v) is 2.12. The first kappa shape index (κ1) is 15.1. The van der Waals surface area contributed by atoms with Crippen molar-refractivity contribution in [3.63, 3.8) is 0 Å². The van der Waals surface area contributed by atoms with Crippen molar-refractivity contribution in [3.8, 4) is 5.75 Å². The second-order valence-electron chi connectivity index (χ2n) is 6.13. The van der Waals surface area contributed by atoms with Gasteiger partial charge >= 0.3 is 0 Å². The fourth-order valence-electron chi connectivity index (χ4n) is 2.12. The zero-order chi connectivity index (χ0) is 15.5. The summed E-state index contributed by atoms with van der Waals surface area (Å²) in [6, 6.07) is 15.7. The van der Waals surface area contributed by atoms with E-state index in [1.165, 1.54) is 5.56 Å². The van der Waals surface area contributed by atoms with Crippen molar-refractivity contribution in [2.75, 3.05) is 0 Å². The van der Waals surface area contributed by atoms with Gasteiger partial charge in [0.15, 0.2) is 0 Å². The van der Waals surface area contributed by atoms with Crippen molar-refractivity contribution in [1.29, 1.82) is 5.41 Å². The smallest absolute Gasteiger partial charge is 0.123 e. The van der Waals surface area contributed by atoms with E-state index in [9.17, 15) is 0 Å². The summed E-state index contributed by atoms with van der Waals surface area (Å²) in [6.45, 7) is 6.97. The Labute approximate surface area is 126 Å². The average Bonchev–Trinajstić information content (AvgIpc) is 2.45. The summed E-state index contributed by atoms with van der Waals surface area (Å²) in [4.78, 5) is 0. The molecule has 2 aromatic rings. The lowest BCUT2D eigenvalue weighted by molar-refractivity contribution is 0.306. The van der Waals surface area contributed by atoms with E-state index >= 15 is 0 Å². The Morgan fingerprint density at radius 3 is 2.24 bits per heavy atom. The topological polar surface area (TPSA) is 59.1 Å². The maximum atomic E-state index is 7.58. The van der Waals surface area contributed by atoms with Gasteiger partial charge in [-0.3, -0.25) is 5.41 Å². The molecule has 0 saturated heterocycles. The minimum absolute atomic E-state index is 0.0669.